The Morgan fingerprint density at radius 3 is 3.44 bits per heavy atom. The Morgan fingerprint density at radius 1 is 1.56 bits per heavy atom. The molecule has 0 saturated carbocycles. The van der Waals surface area contributed by atoms with E-state index in [0.29, 0.717) is 0 Å². The Balaban J connectivity index is 2.53. The van der Waals surface area contributed by atoms with E-state index in [0.717, 1.165) is 24.3 Å². The molecular formula is C7H7NO. The average molecular weight is 121 g/mol. The minimum atomic E-state index is 1.00. The second-order valence-electron chi connectivity index (χ2n) is 2.08. The van der Waals surface area contributed by atoms with Gasteiger partial charge in [-0.2, -0.15) is 0 Å². The van der Waals surface area contributed by atoms with E-state index in [2.05, 4.69) is 4.99 Å². The maximum atomic E-state index is 5.14. The zero-order chi connectivity index (χ0) is 6.10. The molecule has 2 nitrogen and oxygen atoms in total. The summed E-state index contributed by atoms with van der Waals surface area (Å²) in [6, 6.07) is 1.89. The first-order valence-electron chi connectivity index (χ1n) is 3.06. The predicted octanol–water partition coefficient (Wildman–Crippen LogP) is 1.93. The molecule has 0 aromatic carbocycles. The largest absolute Gasteiger partial charge is 0.467 e. The van der Waals surface area contributed by atoms with E-state index in [1.807, 2.05) is 12.3 Å². The van der Waals surface area contributed by atoms with Crippen LogP contribution in [0, 0.1) is 0 Å². The molecule has 1 aliphatic heterocycles. The molecule has 0 spiro atoms. The van der Waals surface area contributed by atoms with Crippen molar-refractivity contribution in [2.75, 3.05) is 0 Å². The van der Waals surface area contributed by atoms with Crippen LogP contribution in [0.3, 0.4) is 0 Å². The Bertz CT molecular complexity index is 237. The van der Waals surface area contributed by atoms with Gasteiger partial charge in [0.25, 0.3) is 0 Å². The fraction of sp³-hybridized carbons (Fsp3) is 0.286. The zero-order valence-electron chi connectivity index (χ0n) is 5.00. The smallest absolute Gasteiger partial charge is 0.129 e. The highest BCUT2D eigenvalue weighted by atomic mass is 16.3. The number of nitrogens with zero attached hydrogens (tertiary/aromatic N) is 1. The van der Waals surface area contributed by atoms with Crippen LogP contribution >= 0.6 is 0 Å². The second kappa shape index (κ2) is 1.72. The molecule has 0 unspecified atom stereocenters. The van der Waals surface area contributed by atoms with Crippen molar-refractivity contribution in [3.05, 3.63) is 18.1 Å². The van der Waals surface area contributed by atoms with Crippen LogP contribution < -0.4 is 0 Å². The lowest BCUT2D eigenvalue weighted by molar-refractivity contribution is 0.511. The molecule has 2 heteroatoms. The maximum Gasteiger partial charge on any atom is 0.129 e. The fourth-order valence-electron chi connectivity index (χ4n) is 0.994. The number of hydrogen-bond donors (Lipinski definition) is 0. The van der Waals surface area contributed by atoms with Gasteiger partial charge in [0.1, 0.15) is 11.4 Å². The Morgan fingerprint density at radius 2 is 2.56 bits per heavy atom. The van der Waals surface area contributed by atoms with Crippen molar-refractivity contribution in [1.82, 2.24) is 0 Å². The lowest BCUT2D eigenvalue weighted by Crippen LogP contribution is -1.88. The third-order valence-corrected chi connectivity index (χ3v) is 1.45. The highest BCUT2D eigenvalue weighted by molar-refractivity contribution is 5.67. The lowest BCUT2D eigenvalue weighted by atomic mass is 10.2. The number of rotatable bonds is 0. The highest BCUT2D eigenvalue weighted by Crippen LogP contribution is 2.23. The topological polar surface area (TPSA) is 25.5 Å². The van der Waals surface area contributed by atoms with E-state index in [9.17, 15) is 0 Å². The molecular weight excluding hydrogens is 114 g/mol. The SMILES string of the molecule is C1=Nc2ccoc2CC1. The first-order chi connectivity index (χ1) is 4.47. The second-order valence-corrected chi connectivity index (χ2v) is 2.08. The van der Waals surface area contributed by atoms with Crippen molar-refractivity contribution >= 4 is 11.9 Å². The van der Waals surface area contributed by atoms with Crippen LogP contribution in [0.2, 0.25) is 0 Å². The van der Waals surface area contributed by atoms with Gasteiger partial charge in [0.15, 0.2) is 0 Å². The van der Waals surface area contributed by atoms with Crippen LogP contribution in [0.1, 0.15) is 12.2 Å². The molecule has 9 heavy (non-hydrogen) atoms. The molecule has 1 aromatic rings. The average Bonchev–Trinajstić information content (AvgIpc) is 2.33. The summed E-state index contributed by atoms with van der Waals surface area (Å²) in [5.74, 6) is 1.03. The third-order valence-electron chi connectivity index (χ3n) is 1.45. The maximum absolute atomic E-state index is 5.14. The Kier molecular flexibility index (Phi) is 0.918. The van der Waals surface area contributed by atoms with E-state index in [4.69, 9.17) is 4.42 Å². The van der Waals surface area contributed by atoms with E-state index < -0.39 is 0 Å². The molecule has 0 bridgehead atoms. The number of furan rings is 1. The van der Waals surface area contributed by atoms with Gasteiger partial charge in [0.05, 0.1) is 6.26 Å². The molecule has 0 amide bonds. The summed E-state index contributed by atoms with van der Waals surface area (Å²) in [7, 11) is 0. The molecule has 0 saturated heterocycles. The quantitative estimate of drug-likeness (QED) is 0.514. The molecule has 0 atom stereocenters. The van der Waals surface area contributed by atoms with Gasteiger partial charge in [-0.3, -0.25) is 4.99 Å². The summed E-state index contributed by atoms with van der Waals surface area (Å²) in [5.41, 5.74) is 1.00. The molecule has 2 rings (SSSR count). The highest BCUT2D eigenvalue weighted by Gasteiger charge is 2.06. The van der Waals surface area contributed by atoms with Crippen molar-refractivity contribution < 1.29 is 4.42 Å². The van der Waals surface area contributed by atoms with Gasteiger partial charge in [-0.05, 0) is 6.42 Å². The van der Waals surface area contributed by atoms with Crippen LogP contribution in [-0.2, 0) is 6.42 Å². The fourth-order valence-corrected chi connectivity index (χ4v) is 0.994. The number of aliphatic imine (C=N–C) groups is 1. The summed E-state index contributed by atoms with van der Waals surface area (Å²) in [6.07, 6.45) is 5.64. The molecule has 0 radical (unpaired) electrons. The van der Waals surface area contributed by atoms with E-state index in [-0.39, 0.29) is 0 Å². The van der Waals surface area contributed by atoms with Gasteiger partial charge >= 0.3 is 0 Å². The van der Waals surface area contributed by atoms with Gasteiger partial charge in [-0.25, -0.2) is 0 Å². The number of fused-ring (bicyclic) bond motifs is 1. The first kappa shape index (κ1) is 4.79. The minimum absolute atomic E-state index is 1.00. The molecule has 0 aliphatic carbocycles. The molecule has 0 fully saturated rings. The summed E-state index contributed by atoms with van der Waals surface area (Å²) < 4.78 is 5.14. The lowest BCUT2D eigenvalue weighted by Gasteiger charge is -1.99. The van der Waals surface area contributed by atoms with Gasteiger partial charge in [-0.1, -0.05) is 0 Å². The third kappa shape index (κ3) is 0.669. The number of aryl methyl sites for hydroxylation is 1. The molecule has 1 aliphatic rings. The Hall–Kier alpha value is -1.05. The van der Waals surface area contributed by atoms with Gasteiger partial charge in [-0.15, -0.1) is 0 Å². The first-order valence-corrected chi connectivity index (χ1v) is 3.06. The van der Waals surface area contributed by atoms with Crippen molar-refractivity contribution in [3.8, 4) is 0 Å². The summed E-state index contributed by atoms with van der Waals surface area (Å²) in [6.45, 7) is 0. The molecule has 2 heterocycles. The van der Waals surface area contributed by atoms with Gasteiger partial charge < -0.3 is 4.42 Å². The van der Waals surface area contributed by atoms with Crippen molar-refractivity contribution in [3.63, 3.8) is 0 Å². The van der Waals surface area contributed by atoms with Crippen LogP contribution in [0.15, 0.2) is 21.7 Å². The van der Waals surface area contributed by atoms with Gasteiger partial charge in [0, 0.05) is 18.7 Å². The summed E-state index contributed by atoms with van der Waals surface area (Å²) in [5, 5.41) is 0. The normalized spacial score (nSPS) is 15.6. The van der Waals surface area contributed by atoms with Crippen LogP contribution in [-0.4, -0.2) is 6.21 Å². The number of hydrogen-bond acceptors (Lipinski definition) is 2. The zero-order valence-corrected chi connectivity index (χ0v) is 5.00. The predicted molar refractivity (Wildman–Crippen MR) is 35.2 cm³/mol. The van der Waals surface area contributed by atoms with Crippen molar-refractivity contribution in [1.29, 1.82) is 0 Å². The van der Waals surface area contributed by atoms with Crippen LogP contribution in [0.4, 0.5) is 5.69 Å². The van der Waals surface area contributed by atoms with Crippen LogP contribution in [0.25, 0.3) is 0 Å². The monoisotopic (exact) mass is 121 g/mol. The van der Waals surface area contributed by atoms with E-state index in [1.54, 1.807) is 6.26 Å². The minimum Gasteiger partial charge on any atom is -0.467 e. The van der Waals surface area contributed by atoms with Crippen molar-refractivity contribution in [2.24, 2.45) is 4.99 Å². The Labute approximate surface area is 53.2 Å². The standard InChI is InChI=1S/C7H7NO/c1-2-7-6(8-4-1)3-5-9-7/h3-5H,1-2H2. The summed E-state index contributed by atoms with van der Waals surface area (Å²) in [4.78, 5) is 4.13. The van der Waals surface area contributed by atoms with Gasteiger partial charge in [0.2, 0.25) is 0 Å². The van der Waals surface area contributed by atoms with E-state index >= 15 is 0 Å². The molecule has 1 aromatic heterocycles. The molecule has 46 valence electrons. The van der Waals surface area contributed by atoms with Crippen LogP contribution in [0.5, 0.6) is 0 Å². The molecule has 0 N–H and O–H groups in total. The van der Waals surface area contributed by atoms with E-state index in [1.165, 1.54) is 0 Å². The van der Waals surface area contributed by atoms with Crippen molar-refractivity contribution in [2.45, 2.75) is 12.8 Å². The summed E-state index contributed by atoms with van der Waals surface area (Å²) >= 11 is 0.